The Balaban J connectivity index is 1.50. The van der Waals surface area contributed by atoms with Crippen LogP contribution in [0.4, 0.5) is 4.39 Å². The zero-order valence-electron chi connectivity index (χ0n) is 16.9. The molecule has 1 amide bonds. The quantitative estimate of drug-likeness (QED) is 0.478. The molecule has 0 unspecified atom stereocenters. The predicted octanol–water partition coefficient (Wildman–Crippen LogP) is 3.69. The third-order valence-electron chi connectivity index (χ3n) is 4.43. The zero-order chi connectivity index (χ0) is 21.5. The highest BCUT2D eigenvalue weighted by Gasteiger charge is 2.14. The van der Waals surface area contributed by atoms with E-state index in [1.807, 2.05) is 18.2 Å². The Hall–Kier alpha value is -3.07. The van der Waals surface area contributed by atoms with Crippen LogP contribution in [0.5, 0.6) is 11.5 Å². The summed E-state index contributed by atoms with van der Waals surface area (Å²) in [5.74, 6) is 1.39. The molecule has 158 valence electrons. The molecule has 1 aromatic heterocycles. The Morgan fingerprint density at radius 1 is 1.10 bits per heavy atom. The van der Waals surface area contributed by atoms with Crippen molar-refractivity contribution in [2.24, 2.45) is 0 Å². The minimum Gasteiger partial charge on any atom is -0.493 e. The van der Waals surface area contributed by atoms with Crippen LogP contribution in [0.25, 0.3) is 11.5 Å². The van der Waals surface area contributed by atoms with Crippen molar-refractivity contribution >= 4 is 17.7 Å². The molecule has 7 nitrogen and oxygen atoms in total. The lowest BCUT2D eigenvalue weighted by molar-refractivity contribution is -0.127. The summed E-state index contributed by atoms with van der Waals surface area (Å²) in [6.45, 7) is 0.555. The van der Waals surface area contributed by atoms with Gasteiger partial charge in [-0.3, -0.25) is 4.79 Å². The molecular formula is C21H22FN3O4S. The predicted molar refractivity (Wildman–Crippen MR) is 111 cm³/mol. The highest BCUT2D eigenvalue weighted by Crippen LogP contribution is 2.28. The Morgan fingerprint density at radius 3 is 2.53 bits per heavy atom. The molecule has 1 heterocycles. The average molecular weight is 431 g/mol. The number of methoxy groups -OCH3 is 2. The highest BCUT2D eigenvalue weighted by atomic mass is 32.2. The van der Waals surface area contributed by atoms with E-state index >= 15 is 0 Å². The minimum atomic E-state index is -0.338. The summed E-state index contributed by atoms with van der Waals surface area (Å²) in [5.41, 5.74) is 1.66. The fourth-order valence-electron chi connectivity index (χ4n) is 2.67. The molecule has 0 radical (unpaired) electrons. The van der Waals surface area contributed by atoms with Gasteiger partial charge in [0.15, 0.2) is 11.5 Å². The molecule has 0 saturated carbocycles. The molecule has 0 aliphatic carbocycles. The molecule has 0 fully saturated rings. The Kier molecular flexibility index (Phi) is 7.29. The fraction of sp³-hybridized carbons (Fsp3) is 0.286. The lowest BCUT2D eigenvalue weighted by Crippen LogP contribution is -2.30. The maximum absolute atomic E-state index is 13.0. The van der Waals surface area contributed by atoms with E-state index in [9.17, 15) is 9.18 Å². The van der Waals surface area contributed by atoms with Crippen molar-refractivity contribution in [3.05, 3.63) is 53.8 Å². The lowest BCUT2D eigenvalue weighted by atomic mass is 10.1. The van der Waals surface area contributed by atoms with E-state index in [0.29, 0.717) is 30.0 Å². The molecule has 0 atom stereocenters. The van der Waals surface area contributed by atoms with Crippen LogP contribution in [0.15, 0.2) is 52.1 Å². The van der Waals surface area contributed by atoms with Gasteiger partial charge >= 0.3 is 0 Å². The van der Waals surface area contributed by atoms with Gasteiger partial charge in [-0.05, 0) is 48.4 Å². The number of likely N-dealkylation sites (N-methyl/N-ethyl adjacent to an activating group) is 1. The number of hydrogen-bond donors (Lipinski definition) is 0. The van der Waals surface area contributed by atoms with Crippen LogP contribution in [-0.4, -0.2) is 54.6 Å². The summed E-state index contributed by atoms with van der Waals surface area (Å²) in [6.07, 6.45) is 0.683. The number of rotatable bonds is 9. The molecule has 0 aliphatic rings. The molecule has 9 heteroatoms. The maximum atomic E-state index is 13.0. The molecule has 2 aromatic carbocycles. The van der Waals surface area contributed by atoms with E-state index in [0.717, 1.165) is 5.56 Å². The first-order chi connectivity index (χ1) is 14.5. The standard InChI is InChI=1S/C21H22FN3O4S/c1-25(11-10-14-4-9-17(27-2)18(12-14)28-3)19(26)13-30-21-24-23-20(29-21)15-5-7-16(22)8-6-15/h4-9,12H,10-11,13H2,1-3H3. The van der Waals surface area contributed by atoms with Crippen molar-refractivity contribution < 1.29 is 23.1 Å². The lowest BCUT2D eigenvalue weighted by Gasteiger charge is -2.17. The van der Waals surface area contributed by atoms with Crippen LogP contribution in [0.1, 0.15) is 5.56 Å². The average Bonchev–Trinajstić information content (AvgIpc) is 3.25. The summed E-state index contributed by atoms with van der Waals surface area (Å²) < 4.78 is 29.1. The zero-order valence-corrected chi connectivity index (χ0v) is 17.7. The van der Waals surface area contributed by atoms with E-state index in [1.165, 1.54) is 23.9 Å². The van der Waals surface area contributed by atoms with Gasteiger partial charge in [-0.25, -0.2) is 4.39 Å². The van der Waals surface area contributed by atoms with Crippen LogP contribution in [0, 0.1) is 5.82 Å². The molecule has 0 saturated heterocycles. The van der Waals surface area contributed by atoms with Gasteiger partial charge in [-0.15, -0.1) is 10.2 Å². The van der Waals surface area contributed by atoms with Crippen molar-refractivity contribution in [1.82, 2.24) is 15.1 Å². The molecular weight excluding hydrogens is 409 g/mol. The molecule has 0 bridgehead atoms. The minimum absolute atomic E-state index is 0.0537. The topological polar surface area (TPSA) is 77.7 Å². The third kappa shape index (κ3) is 5.50. The van der Waals surface area contributed by atoms with E-state index in [4.69, 9.17) is 13.9 Å². The van der Waals surface area contributed by atoms with E-state index in [2.05, 4.69) is 10.2 Å². The molecule has 3 aromatic rings. The summed E-state index contributed by atoms with van der Waals surface area (Å²) in [6, 6.07) is 11.5. The van der Waals surface area contributed by atoms with Crippen molar-refractivity contribution in [3.63, 3.8) is 0 Å². The molecule has 0 spiro atoms. The van der Waals surface area contributed by atoms with Gasteiger partial charge in [0.25, 0.3) is 5.22 Å². The van der Waals surface area contributed by atoms with E-state index < -0.39 is 0 Å². The van der Waals surface area contributed by atoms with Crippen molar-refractivity contribution in [1.29, 1.82) is 0 Å². The monoisotopic (exact) mass is 431 g/mol. The molecule has 0 aliphatic heterocycles. The Labute approximate surface area is 178 Å². The van der Waals surface area contributed by atoms with Gasteiger partial charge in [0.1, 0.15) is 5.82 Å². The third-order valence-corrected chi connectivity index (χ3v) is 5.23. The van der Waals surface area contributed by atoms with E-state index in [-0.39, 0.29) is 28.6 Å². The number of thioether (sulfide) groups is 1. The van der Waals surface area contributed by atoms with Gasteiger partial charge in [0.2, 0.25) is 11.8 Å². The van der Waals surface area contributed by atoms with Crippen molar-refractivity contribution in [2.45, 2.75) is 11.6 Å². The number of carbonyl (C=O) groups excluding carboxylic acids is 1. The van der Waals surface area contributed by atoms with Crippen LogP contribution >= 0.6 is 11.8 Å². The van der Waals surface area contributed by atoms with Gasteiger partial charge < -0.3 is 18.8 Å². The van der Waals surface area contributed by atoms with Crippen molar-refractivity contribution in [2.75, 3.05) is 33.6 Å². The number of nitrogens with zero attached hydrogens (tertiary/aromatic N) is 3. The van der Waals surface area contributed by atoms with E-state index in [1.54, 1.807) is 38.3 Å². The fourth-order valence-corrected chi connectivity index (χ4v) is 3.37. The number of carbonyl (C=O) groups is 1. The molecule has 0 N–H and O–H groups in total. The second-order valence-corrected chi connectivity index (χ2v) is 7.35. The number of hydrogen-bond acceptors (Lipinski definition) is 7. The van der Waals surface area contributed by atoms with Crippen LogP contribution in [-0.2, 0) is 11.2 Å². The normalized spacial score (nSPS) is 10.7. The second-order valence-electron chi connectivity index (χ2n) is 6.42. The first kappa shape index (κ1) is 21.6. The van der Waals surface area contributed by atoms with Gasteiger partial charge in [-0.2, -0.15) is 0 Å². The van der Waals surface area contributed by atoms with Crippen LogP contribution < -0.4 is 9.47 Å². The Bertz CT molecular complexity index is 994. The summed E-state index contributed by atoms with van der Waals surface area (Å²) in [5, 5.41) is 8.16. The summed E-state index contributed by atoms with van der Waals surface area (Å²) >= 11 is 1.17. The largest absolute Gasteiger partial charge is 0.493 e. The molecule has 3 rings (SSSR count). The number of ether oxygens (including phenoxy) is 2. The van der Waals surface area contributed by atoms with Crippen LogP contribution in [0.2, 0.25) is 0 Å². The van der Waals surface area contributed by atoms with Crippen LogP contribution in [0.3, 0.4) is 0 Å². The first-order valence-electron chi connectivity index (χ1n) is 9.17. The summed E-state index contributed by atoms with van der Waals surface area (Å²) in [4.78, 5) is 14.1. The highest BCUT2D eigenvalue weighted by molar-refractivity contribution is 7.99. The first-order valence-corrected chi connectivity index (χ1v) is 10.2. The molecule has 30 heavy (non-hydrogen) atoms. The number of amides is 1. The van der Waals surface area contributed by atoms with Gasteiger partial charge in [0, 0.05) is 19.2 Å². The number of aromatic nitrogens is 2. The van der Waals surface area contributed by atoms with Gasteiger partial charge in [0.05, 0.1) is 20.0 Å². The SMILES string of the molecule is COc1ccc(CCN(C)C(=O)CSc2nnc(-c3ccc(F)cc3)o2)cc1OC. The van der Waals surface area contributed by atoms with Gasteiger partial charge in [-0.1, -0.05) is 17.8 Å². The second kappa shape index (κ2) is 10.1. The smallest absolute Gasteiger partial charge is 0.277 e. The maximum Gasteiger partial charge on any atom is 0.277 e. The van der Waals surface area contributed by atoms with Crippen molar-refractivity contribution in [3.8, 4) is 23.0 Å². The number of halogens is 1. The summed E-state index contributed by atoms with van der Waals surface area (Å²) in [7, 11) is 4.93. The Morgan fingerprint density at radius 2 is 1.83 bits per heavy atom. The number of benzene rings is 2.